The van der Waals surface area contributed by atoms with Crippen molar-refractivity contribution in [3.8, 4) is 11.5 Å². The van der Waals surface area contributed by atoms with E-state index in [1.807, 2.05) is 86.3 Å². The number of hydrogen-bond acceptors (Lipinski definition) is 4. The normalized spacial score (nSPS) is 22.8. The molecule has 174 valence electrons. The maximum Gasteiger partial charge on any atom is 0.236 e. The molecule has 3 aromatic rings. The number of rotatable bonds is 4. The van der Waals surface area contributed by atoms with Crippen LogP contribution in [0, 0.1) is 19.8 Å². The van der Waals surface area contributed by atoms with Gasteiger partial charge in [0.1, 0.15) is 17.4 Å². The van der Waals surface area contributed by atoms with Gasteiger partial charge in [-0.25, -0.2) is 0 Å². The average Bonchev–Trinajstić information content (AvgIpc) is 2.80. The SMILES string of the molecule is COc1ccc2c(c1)[C@H]1NC(=S)N(c3ccccc3)[C@@](C)(O2)[C@H]1C(=O)Nc1ccc(C)cc1C. The van der Waals surface area contributed by atoms with E-state index in [1.54, 1.807) is 7.11 Å². The van der Waals surface area contributed by atoms with E-state index >= 15 is 0 Å². The van der Waals surface area contributed by atoms with Crippen molar-refractivity contribution in [1.29, 1.82) is 0 Å². The van der Waals surface area contributed by atoms with Crippen LogP contribution in [0.25, 0.3) is 0 Å². The van der Waals surface area contributed by atoms with Gasteiger partial charge in [0, 0.05) is 16.9 Å². The van der Waals surface area contributed by atoms with Gasteiger partial charge < -0.3 is 20.1 Å². The fraction of sp³-hybridized carbons (Fsp3) is 0.259. The minimum absolute atomic E-state index is 0.149. The van der Waals surface area contributed by atoms with Crippen LogP contribution < -0.4 is 25.0 Å². The van der Waals surface area contributed by atoms with Crippen molar-refractivity contribution in [3.05, 3.63) is 83.4 Å². The van der Waals surface area contributed by atoms with E-state index in [-0.39, 0.29) is 11.9 Å². The van der Waals surface area contributed by atoms with Crippen LogP contribution in [0.2, 0.25) is 0 Å². The number of benzene rings is 3. The number of ether oxygens (including phenoxy) is 2. The Hall–Kier alpha value is -3.58. The minimum atomic E-state index is -1.06. The molecule has 6 nitrogen and oxygen atoms in total. The van der Waals surface area contributed by atoms with Gasteiger partial charge in [0.05, 0.1) is 13.2 Å². The molecule has 2 aliphatic rings. The lowest BCUT2D eigenvalue weighted by Gasteiger charge is -2.56. The molecule has 0 saturated carbocycles. The van der Waals surface area contributed by atoms with E-state index in [4.69, 9.17) is 21.7 Å². The highest BCUT2D eigenvalue weighted by Crippen LogP contribution is 2.50. The molecular formula is C27H27N3O3S. The molecule has 0 radical (unpaired) electrons. The molecule has 3 atom stereocenters. The van der Waals surface area contributed by atoms with Gasteiger partial charge in [-0.2, -0.15) is 0 Å². The van der Waals surface area contributed by atoms with Gasteiger partial charge in [0.15, 0.2) is 10.8 Å². The van der Waals surface area contributed by atoms with Gasteiger partial charge in [-0.15, -0.1) is 0 Å². The van der Waals surface area contributed by atoms with E-state index in [0.29, 0.717) is 16.6 Å². The summed E-state index contributed by atoms with van der Waals surface area (Å²) < 4.78 is 12.1. The van der Waals surface area contributed by atoms with Crippen molar-refractivity contribution in [3.63, 3.8) is 0 Å². The molecule has 0 unspecified atom stereocenters. The zero-order valence-electron chi connectivity index (χ0n) is 19.6. The first kappa shape index (κ1) is 22.2. The molecule has 0 aromatic heterocycles. The van der Waals surface area contributed by atoms with Gasteiger partial charge in [-0.1, -0.05) is 35.9 Å². The molecule has 1 saturated heterocycles. The van der Waals surface area contributed by atoms with Crippen LogP contribution in [0.3, 0.4) is 0 Å². The summed E-state index contributed by atoms with van der Waals surface area (Å²) in [4.78, 5) is 15.8. The molecular weight excluding hydrogens is 446 g/mol. The first-order valence-electron chi connectivity index (χ1n) is 11.2. The molecule has 7 heteroatoms. The lowest BCUT2D eigenvalue weighted by Crippen LogP contribution is -2.72. The van der Waals surface area contributed by atoms with Crippen LogP contribution in [0.5, 0.6) is 11.5 Å². The van der Waals surface area contributed by atoms with Gasteiger partial charge in [-0.3, -0.25) is 9.69 Å². The Morgan fingerprint density at radius 1 is 1.12 bits per heavy atom. The number of carbonyl (C=O) groups excluding carboxylic acids is 1. The van der Waals surface area contributed by atoms with Crippen LogP contribution in [0.4, 0.5) is 11.4 Å². The molecule has 3 aromatic carbocycles. The fourth-order valence-corrected chi connectivity index (χ4v) is 5.43. The van der Waals surface area contributed by atoms with E-state index in [9.17, 15) is 4.79 Å². The number of nitrogens with zero attached hydrogens (tertiary/aromatic N) is 1. The maximum absolute atomic E-state index is 13.9. The summed E-state index contributed by atoms with van der Waals surface area (Å²) >= 11 is 5.80. The topological polar surface area (TPSA) is 62.8 Å². The molecule has 1 fully saturated rings. The zero-order valence-corrected chi connectivity index (χ0v) is 20.4. The summed E-state index contributed by atoms with van der Waals surface area (Å²) in [5.74, 6) is 0.626. The van der Waals surface area contributed by atoms with Crippen LogP contribution in [-0.4, -0.2) is 23.9 Å². The number of para-hydroxylation sites is 1. The molecule has 0 aliphatic carbocycles. The monoisotopic (exact) mass is 473 g/mol. The number of hydrogen-bond donors (Lipinski definition) is 2. The Kier molecular flexibility index (Phi) is 5.44. The van der Waals surface area contributed by atoms with Crippen molar-refractivity contribution in [2.24, 2.45) is 5.92 Å². The molecule has 0 spiro atoms. The fourth-order valence-electron chi connectivity index (χ4n) is 5.02. The highest BCUT2D eigenvalue weighted by molar-refractivity contribution is 7.80. The second-order valence-corrected chi connectivity index (χ2v) is 9.33. The third-order valence-electron chi connectivity index (χ3n) is 6.64. The van der Waals surface area contributed by atoms with Crippen molar-refractivity contribution in [2.75, 3.05) is 17.3 Å². The Labute approximate surface area is 204 Å². The number of anilines is 2. The molecule has 2 N–H and O–H groups in total. The van der Waals surface area contributed by atoms with Crippen LogP contribution in [-0.2, 0) is 4.79 Å². The molecule has 2 bridgehead atoms. The molecule has 2 heterocycles. The highest BCUT2D eigenvalue weighted by Gasteiger charge is 2.59. The predicted octanol–water partition coefficient (Wildman–Crippen LogP) is 5.11. The van der Waals surface area contributed by atoms with E-state index < -0.39 is 11.6 Å². The Balaban J connectivity index is 1.63. The number of amides is 1. The number of carbonyl (C=O) groups is 1. The van der Waals surface area contributed by atoms with Gasteiger partial charge in [0.25, 0.3) is 0 Å². The summed E-state index contributed by atoms with van der Waals surface area (Å²) in [7, 11) is 1.62. The van der Waals surface area contributed by atoms with Gasteiger partial charge in [0.2, 0.25) is 5.91 Å². The quantitative estimate of drug-likeness (QED) is 0.514. The Morgan fingerprint density at radius 3 is 2.59 bits per heavy atom. The second-order valence-electron chi connectivity index (χ2n) is 8.94. The number of nitrogens with one attached hydrogen (secondary N) is 2. The summed E-state index contributed by atoms with van der Waals surface area (Å²) in [5.41, 5.74) is 3.56. The van der Waals surface area contributed by atoms with E-state index in [1.165, 1.54) is 0 Å². The smallest absolute Gasteiger partial charge is 0.236 e. The molecule has 2 aliphatic heterocycles. The number of methoxy groups -OCH3 is 1. The maximum atomic E-state index is 13.9. The van der Waals surface area contributed by atoms with Crippen LogP contribution in [0.15, 0.2) is 66.7 Å². The van der Waals surface area contributed by atoms with E-state index in [2.05, 4.69) is 16.7 Å². The zero-order chi connectivity index (χ0) is 24.0. The third kappa shape index (κ3) is 3.56. The molecule has 1 amide bonds. The first-order chi connectivity index (χ1) is 16.3. The second kappa shape index (κ2) is 8.33. The van der Waals surface area contributed by atoms with Crippen LogP contribution in [0.1, 0.15) is 29.7 Å². The summed E-state index contributed by atoms with van der Waals surface area (Å²) in [6, 6.07) is 21.0. The molecule has 5 rings (SSSR count). The summed E-state index contributed by atoms with van der Waals surface area (Å²) in [5, 5.41) is 7.08. The lowest BCUT2D eigenvalue weighted by atomic mass is 9.78. The number of fused-ring (bicyclic) bond motifs is 4. The van der Waals surface area contributed by atoms with Crippen molar-refractivity contribution < 1.29 is 14.3 Å². The highest BCUT2D eigenvalue weighted by atomic mass is 32.1. The minimum Gasteiger partial charge on any atom is -0.497 e. The van der Waals surface area contributed by atoms with Gasteiger partial charge >= 0.3 is 0 Å². The first-order valence-corrected chi connectivity index (χ1v) is 11.6. The lowest BCUT2D eigenvalue weighted by molar-refractivity contribution is -0.130. The number of aryl methyl sites for hydroxylation is 2. The van der Waals surface area contributed by atoms with Crippen LogP contribution >= 0.6 is 12.2 Å². The number of thiocarbonyl (C=S) groups is 1. The van der Waals surface area contributed by atoms with Crippen molar-refractivity contribution in [2.45, 2.75) is 32.5 Å². The van der Waals surface area contributed by atoms with E-state index in [0.717, 1.165) is 28.1 Å². The Bertz CT molecular complexity index is 1280. The predicted molar refractivity (Wildman–Crippen MR) is 137 cm³/mol. The van der Waals surface area contributed by atoms with Crippen molar-refractivity contribution >= 4 is 34.6 Å². The Morgan fingerprint density at radius 2 is 1.88 bits per heavy atom. The largest absolute Gasteiger partial charge is 0.497 e. The summed E-state index contributed by atoms with van der Waals surface area (Å²) in [6.45, 7) is 5.96. The standard InChI is InChI=1S/C27H27N3O3S/c1-16-10-12-21(17(2)14-16)28-25(31)23-24-20-15-19(32-4)11-13-22(20)33-27(23,3)30(26(34)29-24)18-8-6-5-7-9-18/h5-15,23-24H,1-4H3,(H,28,31)(H,29,34)/t23-,24-,27+/m1/s1. The molecule has 34 heavy (non-hydrogen) atoms. The summed E-state index contributed by atoms with van der Waals surface area (Å²) in [6.07, 6.45) is 0. The average molecular weight is 474 g/mol. The van der Waals surface area contributed by atoms with Gasteiger partial charge in [-0.05, 0) is 75.0 Å². The van der Waals surface area contributed by atoms with Crippen molar-refractivity contribution in [1.82, 2.24) is 5.32 Å². The third-order valence-corrected chi connectivity index (χ3v) is 6.94.